The highest BCUT2D eigenvalue weighted by molar-refractivity contribution is 5.08. The van der Waals surface area contributed by atoms with Gasteiger partial charge in [-0.1, -0.05) is 13.0 Å². The van der Waals surface area contributed by atoms with Gasteiger partial charge in [0.05, 0.1) is 0 Å². The van der Waals surface area contributed by atoms with E-state index in [2.05, 4.69) is 23.3 Å². The molecule has 0 fully saturated rings. The van der Waals surface area contributed by atoms with Gasteiger partial charge in [0.25, 0.3) is 0 Å². The number of aromatic nitrogens is 1. The van der Waals surface area contributed by atoms with Crippen LogP contribution in [0.3, 0.4) is 0 Å². The highest BCUT2D eigenvalue weighted by atomic mass is 14.8. The maximum Gasteiger partial charge on any atom is 0.0300 e. The minimum absolute atomic E-state index is 0.621. The predicted molar refractivity (Wildman–Crippen MR) is 63.6 cm³/mol. The first-order valence-corrected chi connectivity index (χ1v) is 5.62. The Labute approximate surface area is 92.1 Å². The largest absolute Gasteiger partial charge is 0.330 e. The lowest BCUT2D eigenvalue weighted by Gasteiger charge is -2.08. The predicted octanol–water partition coefficient (Wildman–Crippen LogP) is 1.20. The maximum absolute atomic E-state index is 5.54. The van der Waals surface area contributed by atoms with Crippen molar-refractivity contribution in [2.75, 3.05) is 19.6 Å². The van der Waals surface area contributed by atoms with Crippen molar-refractivity contribution in [1.29, 1.82) is 0 Å². The molecule has 1 heterocycles. The minimum Gasteiger partial charge on any atom is -0.330 e. The summed E-state index contributed by atoms with van der Waals surface area (Å²) >= 11 is 0. The van der Waals surface area contributed by atoms with Crippen molar-refractivity contribution in [1.82, 2.24) is 10.3 Å². The van der Waals surface area contributed by atoms with E-state index in [0.717, 1.165) is 32.5 Å². The van der Waals surface area contributed by atoms with Crippen LogP contribution in [0, 0.1) is 5.92 Å². The van der Waals surface area contributed by atoms with E-state index < -0.39 is 0 Å². The maximum atomic E-state index is 5.54. The molecule has 0 spiro atoms. The van der Waals surface area contributed by atoms with E-state index in [9.17, 15) is 0 Å². The van der Waals surface area contributed by atoms with Crippen molar-refractivity contribution in [3.63, 3.8) is 0 Å². The Morgan fingerprint density at radius 3 is 3.00 bits per heavy atom. The van der Waals surface area contributed by atoms with Crippen LogP contribution < -0.4 is 11.1 Å². The second kappa shape index (κ2) is 7.37. The molecule has 1 atom stereocenters. The van der Waals surface area contributed by atoms with E-state index in [0.29, 0.717) is 5.92 Å². The average Bonchev–Trinajstić information content (AvgIpc) is 2.29. The SMILES string of the molecule is CC(CN)CCNCCc1cccnc1. The van der Waals surface area contributed by atoms with Crippen LogP contribution >= 0.6 is 0 Å². The number of hydrogen-bond acceptors (Lipinski definition) is 3. The van der Waals surface area contributed by atoms with Gasteiger partial charge in [0.1, 0.15) is 0 Å². The number of nitrogens with two attached hydrogens (primary N) is 1. The molecule has 3 nitrogen and oxygen atoms in total. The highest BCUT2D eigenvalue weighted by Gasteiger charge is 1.97. The van der Waals surface area contributed by atoms with E-state index >= 15 is 0 Å². The minimum atomic E-state index is 0.621. The number of hydrogen-bond donors (Lipinski definition) is 2. The first-order chi connectivity index (χ1) is 7.33. The fourth-order valence-corrected chi connectivity index (χ4v) is 1.37. The molecule has 0 aliphatic rings. The Bertz CT molecular complexity index is 248. The monoisotopic (exact) mass is 207 g/mol. The lowest BCUT2D eigenvalue weighted by Crippen LogP contribution is -2.22. The van der Waals surface area contributed by atoms with E-state index in [1.807, 2.05) is 12.3 Å². The summed E-state index contributed by atoms with van der Waals surface area (Å²) in [5.41, 5.74) is 6.83. The second-order valence-electron chi connectivity index (χ2n) is 3.99. The van der Waals surface area contributed by atoms with Gasteiger partial charge in [0.2, 0.25) is 0 Å². The molecule has 0 aliphatic heterocycles. The zero-order valence-electron chi connectivity index (χ0n) is 9.45. The molecule has 0 aliphatic carbocycles. The molecule has 1 unspecified atom stereocenters. The smallest absolute Gasteiger partial charge is 0.0300 e. The van der Waals surface area contributed by atoms with Crippen molar-refractivity contribution in [3.05, 3.63) is 30.1 Å². The fourth-order valence-electron chi connectivity index (χ4n) is 1.37. The molecule has 0 bridgehead atoms. The summed E-state index contributed by atoms with van der Waals surface area (Å²) in [6.45, 7) is 5.04. The number of nitrogens with one attached hydrogen (secondary N) is 1. The Hall–Kier alpha value is -0.930. The summed E-state index contributed by atoms with van der Waals surface area (Å²) in [4.78, 5) is 4.08. The lowest BCUT2D eigenvalue weighted by atomic mass is 10.1. The average molecular weight is 207 g/mol. The Kier molecular flexibility index (Phi) is 5.97. The van der Waals surface area contributed by atoms with Crippen LogP contribution in [0.25, 0.3) is 0 Å². The van der Waals surface area contributed by atoms with Crippen molar-refractivity contribution < 1.29 is 0 Å². The van der Waals surface area contributed by atoms with Crippen LogP contribution in [-0.2, 0) is 6.42 Å². The standard InChI is InChI=1S/C12H21N3/c1-11(9-13)4-7-14-8-5-12-3-2-6-15-10-12/h2-3,6,10-11,14H,4-5,7-9,13H2,1H3. The molecule has 0 saturated carbocycles. The van der Waals surface area contributed by atoms with Crippen LogP contribution in [0.5, 0.6) is 0 Å². The molecule has 0 amide bonds. The third kappa shape index (κ3) is 5.50. The third-order valence-corrected chi connectivity index (χ3v) is 2.53. The highest BCUT2D eigenvalue weighted by Crippen LogP contribution is 1.97. The molecule has 15 heavy (non-hydrogen) atoms. The summed E-state index contributed by atoms with van der Waals surface area (Å²) in [6, 6.07) is 4.09. The third-order valence-electron chi connectivity index (χ3n) is 2.53. The van der Waals surface area contributed by atoms with Crippen molar-refractivity contribution in [3.8, 4) is 0 Å². The van der Waals surface area contributed by atoms with E-state index in [1.165, 1.54) is 5.56 Å². The molecule has 0 saturated heterocycles. The van der Waals surface area contributed by atoms with Gasteiger partial charge in [-0.3, -0.25) is 4.98 Å². The number of pyridine rings is 1. The van der Waals surface area contributed by atoms with Crippen LogP contribution in [0.2, 0.25) is 0 Å². The molecule has 3 N–H and O–H groups in total. The Morgan fingerprint density at radius 2 is 2.33 bits per heavy atom. The summed E-state index contributed by atoms with van der Waals surface area (Å²) in [5.74, 6) is 0.621. The fraction of sp³-hybridized carbons (Fsp3) is 0.583. The van der Waals surface area contributed by atoms with Crippen molar-refractivity contribution in [2.45, 2.75) is 19.8 Å². The molecule has 1 aromatic rings. The van der Waals surface area contributed by atoms with E-state index in [4.69, 9.17) is 5.73 Å². The van der Waals surface area contributed by atoms with Crippen LogP contribution in [0.1, 0.15) is 18.9 Å². The topological polar surface area (TPSA) is 50.9 Å². The van der Waals surface area contributed by atoms with E-state index in [-0.39, 0.29) is 0 Å². The van der Waals surface area contributed by atoms with Crippen molar-refractivity contribution >= 4 is 0 Å². The van der Waals surface area contributed by atoms with Gasteiger partial charge < -0.3 is 11.1 Å². The Morgan fingerprint density at radius 1 is 1.47 bits per heavy atom. The zero-order chi connectivity index (χ0) is 10.9. The van der Waals surface area contributed by atoms with Crippen molar-refractivity contribution in [2.24, 2.45) is 11.7 Å². The quantitative estimate of drug-likeness (QED) is 0.661. The van der Waals surface area contributed by atoms with Crippen LogP contribution in [-0.4, -0.2) is 24.6 Å². The molecule has 84 valence electrons. The van der Waals surface area contributed by atoms with Gasteiger partial charge in [0.15, 0.2) is 0 Å². The van der Waals surface area contributed by atoms with Crippen LogP contribution in [0.4, 0.5) is 0 Å². The van der Waals surface area contributed by atoms with Gasteiger partial charge in [0, 0.05) is 12.4 Å². The summed E-state index contributed by atoms with van der Waals surface area (Å²) in [5, 5.41) is 3.42. The number of nitrogens with zero attached hydrogens (tertiary/aromatic N) is 1. The molecule has 0 radical (unpaired) electrons. The normalized spacial score (nSPS) is 12.7. The van der Waals surface area contributed by atoms with E-state index in [1.54, 1.807) is 6.20 Å². The lowest BCUT2D eigenvalue weighted by molar-refractivity contribution is 0.511. The Balaban J connectivity index is 2.03. The zero-order valence-corrected chi connectivity index (χ0v) is 9.45. The van der Waals surface area contributed by atoms with Gasteiger partial charge in [-0.05, 0) is 50.0 Å². The summed E-state index contributed by atoms with van der Waals surface area (Å²) in [7, 11) is 0. The molecular weight excluding hydrogens is 186 g/mol. The summed E-state index contributed by atoms with van der Waals surface area (Å²) < 4.78 is 0. The first-order valence-electron chi connectivity index (χ1n) is 5.62. The summed E-state index contributed by atoms with van der Waals surface area (Å²) in [6.07, 6.45) is 5.93. The molecule has 1 rings (SSSR count). The molecule has 3 heteroatoms. The first kappa shape index (κ1) is 12.1. The molecule has 0 aromatic carbocycles. The van der Waals surface area contributed by atoms with Crippen LogP contribution in [0.15, 0.2) is 24.5 Å². The molecular formula is C12H21N3. The second-order valence-corrected chi connectivity index (χ2v) is 3.99. The van der Waals surface area contributed by atoms with Gasteiger partial charge in [-0.2, -0.15) is 0 Å². The molecule has 1 aromatic heterocycles. The van der Waals surface area contributed by atoms with Gasteiger partial charge >= 0.3 is 0 Å². The van der Waals surface area contributed by atoms with Gasteiger partial charge in [-0.25, -0.2) is 0 Å². The van der Waals surface area contributed by atoms with Gasteiger partial charge in [-0.15, -0.1) is 0 Å². The number of rotatable bonds is 7.